The molecule has 2 heterocycles. The van der Waals surface area contributed by atoms with Crippen molar-refractivity contribution in [3.8, 4) is 5.75 Å². The number of aromatic nitrogens is 3. The van der Waals surface area contributed by atoms with Crippen LogP contribution in [0.15, 0.2) is 29.0 Å². The van der Waals surface area contributed by atoms with Gasteiger partial charge in [-0.25, -0.2) is 0 Å². The maximum absolute atomic E-state index is 10.7. The lowest BCUT2D eigenvalue weighted by Crippen LogP contribution is -2.21. The Balaban J connectivity index is 2.36. The standard InChI is InChI=1S/C14H19BrN4O2/c1-18(2)7-8-19-13(11(21-3)9-17-19)14(20)12-10(15)5-4-6-16-12/h4-6,9,14,20H,7-8H2,1-3H3. The fourth-order valence-electron chi connectivity index (χ4n) is 2.01. The second-order valence-corrected chi connectivity index (χ2v) is 5.75. The minimum atomic E-state index is -0.903. The molecule has 0 aliphatic heterocycles. The number of hydrogen-bond acceptors (Lipinski definition) is 5. The Bertz CT molecular complexity index is 600. The molecule has 0 fully saturated rings. The zero-order valence-electron chi connectivity index (χ0n) is 12.3. The second-order valence-electron chi connectivity index (χ2n) is 4.90. The molecule has 6 nitrogen and oxygen atoms in total. The summed E-state index contributed by atoms with van der Waals surface area (Å²) in [5, 5.41) is 15.0. The Morgan fingerprint density at radius 1 is 1.48 bits per heavy atom. The van der Waals surface area contributed by atoms with Crippen molar-refractivity contribution in [1.82, 2.24) is 19.7 Å². The zero-order chi connectivity index (χ0) is 15.4. The summed E-state index contributed by atoms with van der Waals surface area (Å²) in [4.78, 5) is 6.30. The molecular weight excluding hydrogens is 336 g/mol. The predicted molar refractivity (Wildman–Crippen MR) is 83.3 cm³/mol. The quantitative estimate of drug-likeness (QED) is 0.855. The molecule has 0 spiro atoms. The van der Waals surface area contributed by atoms with Gasteiger partial charge in [-0.15, -0.1) is 0 Å². The average molecular weight is 355 g/mol. The number of likely N-dealkylation sites (N-methyl/N-ethyl adjacent to an activating group) is 1. The summed E-state index contributed by atoms with van der Waals surface area (Å²) < 4.78 is 7.82. The molecule has 2 rings (SSSR count). The first-order valence-corrected chi connectivity index (χ1v) is 7.36. The van der Waals surface area contributed by atoms with Gasteiger partial charge in [-0.2, -0.15) is 5.10 Å². The molecule has 0 amide bonds. The summed E-state index contributed by atoms with van der Waals surface area (Å²) in [6.07, 6.45) is 2.36. The van der Waals surface area contributed by atoms with Gasteiger partial charge in [0.15, 0.2) is 5.75 Å². The van der Waals surface area contributed by atoms with E-state index in [2.05, 4.69) is 30.9 Å². The van der Waals surface area contributed by atoms with Crippen molar-refractivity contribution in [2.45, 2.75) is 12.6 Å². The Morgan fingerprint density at radius 3 is 2.86 bits per heavy atom. The van der Waals surface area contributed by atoms with Crippen LogP contribution in [0.1, 0.15) is 17.5 Å². The highest BCUT2D eigenvalue weighted by Crippen LogP contribution is 2.32. The number of methoxy groups -OCH3 is 1. The molecule has 7 heteroatoms. The van der Waals surface area contributed by atoms with Crippen LogP contribution in [0.3, 0.4) is 0 Å². The SMILES string of the molecule is COc1cnn(CCN(C)C)c1C(O)c1ncccc1Br. The van der Waals surface area contributed by atoms with E-state index in [9.17, 15) is 5.11 Å². The summed E-state index contributed by atoms with van der Waals surface area (Å²) in [7, 11) is 5.55. The Morgan fingerprint density at radius 2 is 2.24 bits per heavy atom. The first-order valence-electron chi connectivity index (χ1n) is 6.57. The van der Waals surface area contributed by atoms with Crippen LogP contribution in [0.5, 0.6) is 5.75 Å². The normalized spacial score (nSPS) is 12.7. The van der Waals surface area contributed by atoms with Crippen molar-refractivity contribution in [1.29, 1.82) is 0 Å². The summed E-state index contributed by atoms with van der Waals surface area (Å²) in [5.74, 6) is 0.554. The van der Waals surface area contributed by atoms with Gasteiger partial charge in [-0.3, -0.25) is 9.67 Å². The largest absolute Gasteiger partial charge is 0.493 e. The molecule has 0 aromatic carbocycles. The van der Waals surface area contributed by atoms with E-state index in [1.54, 1.807) is 30.3 Å². The van der Waals surface area contributed by atoms with Crippen LogP contribution in [0, 0.1) is 0 Å². The number of ether oxygens (including phenoxy) is 1. The number of aliphatic hydroxyl groups excluding tert-OH is 1. The molecule has 0 saturated heterocycles. The van der Waals surface area contributed by atoms with E-state index in [0.29, 0.717) is 23.7 Å². The summed E-state index contributed by atoms with van der Waals surface area (Å²) in [6, 6.07) is 3.65. The van der Waals surface area contributed by atoms with Gasteiger partial charge in [0.25, 0.3) is 0 Å². The summed E-state index contributed by atoms with van der Waals surface area (Å²) >= 11 is 3.41. The van der Waals surface area contributed by atoms with Gasteiger partial charge in [0.1, 0.15) is 11.8 Å². The lowest BCUT2D eigenvalue weighted by atomic mass is 10.1. The Kier molecular flexibility index (Phi) is 5.33. The van der Waals surface area contributed by atoms with Crippen molar-refractivity contribution >= 4 is 15.9 Å². The molecule has 0 aliphatic rings. The van der Waals surface area contributed by atoms with E-state index in [4.69, 9.17) is 4.74 Å². The number of pyridine rings is 1. The first kappa shape index (κ1) is 15.9. The van der Waals surface area contributed by atoms with Crippen molar-refractivity contribution in [3.05, 3.63) is 40.4 Å². The fourth-order valence-corrected chi connectivity index (χ4v) is 2.48. The third-order valence-corrected chi connectivity index (χ3v) is 3.80. The smallest absolute Gasteiger partial charge is 0.163 e. The van der Waals surface area contributed by atoms with E-state index in [-0.39, 0.29) is 0 Å². The average Bonchev–Trinajstić information content (AvgIpc) is 2.87. The highest BCUT2D eigenvalue weighted by Gasteiger charge is 2.24. The monoisotopic (exact) mass is 354 g/mol. The van der Waals surface area contributed by atoms with Gasteiger partial charge in [0.05, 0.1) is 25.5 Å². The van der Waals surface area contributed by atoms with Crippen LogP contribution >= 0.6 is 15.9 Å². The molecule has 0 radical (unpaired) electrons. The minimum Gasteiger partial charge on any atom is -0.493 e. The van der Waals surface area contributed by atoms with Crippen LogP contribution in [-0.2, 0) is 6.54 Å². The molecule has 114 valence electrons. The molecule has 2 aromatic heterocycles. The van der Waals surface area contributed by atoms with E-state index < -0.39 is 6.10 Å². The third-order valence-electron chi connectivity index (χ3n) is 3.13. The molecule has 1 atom stereocenters. The number of hydrogen-bond donors (Lipinski definition) is 1. The van der Waals surface area contributed by atoms with E-state index in [1.807, 2.05) is 20.2 Å². The van der Waals surface area contributed by atoms with Crippen molar-refractivity contribution in [2.24, 2.45) is 0 Å². The van der Waals surface area contributed by atoms with Gasteiger partial charge in [-0.05, 0) is 42.2 Å². The maximum atomic E-state index is 10.7. The van der Waals surface area contributed by atoms with Crippen molar-refractivity contribution in [2.75, 3.05) is 27.7 Å². The summed E-state index contributed by atoms with van der Waals surface area (Å²) in [5.41, 5.74) is 1.15. The Labute approximate surface area is 132 Å². The molecule has 0 bridgehead atoms. The Hall–Kier alpha value is -1.44. The molecular formula is C14H19BrN4O2. The van der Waals surface area contributed by atoms with Crippen molar-refractivity contribution in [3.63, 3.8) is 0 Å². The second kappa shape index (κ2) is 7.02. The molecule has 2 aromatic rings. The van der Waals surface area contributed by atoms with Crippen LogP contribution in [0.25, 0.3) is 0 Å². The first-order chi connectivity index (χ1) is 10.0. The fraction of sp³-hybridized carbons (Fsp3) is 0.429. The topological polar surface area (TPSA) is 63.4 Å². The van der Waals surface area contributed by atoms with E-state index in [0.717, 1.165) is 11.0 Å². The van der Waals surface area contributed by atoms with Crippen LogP contribution < -0.4 is 4.74 Å². The number of aliphatic hydroxyl groups is 1. The number of nitrogens with zero attached hydrogens (tertiary/aromatic N) is 4. The van der Waals surface area contributed by atoms with Gasteiger partial charge >= 0.3 is 0 Å². The van der Waals surface area contributed by atoms with Gasteiger partial charge in [-0.1, -0.05) is 0 Å². The minimum absolute atomic E-state index is 0.544. The molecule has 21 heavy (non-hydrogen) atoms. The molecule has 1 unspecified atom stereocenters. The maximum Gasteiger partial charge on any atom is 0.163 e. The third kappa shape index (κ3) is 3.61. The van der Waals surface area contributed by atoms with Crippen LogP contribution in [-0.4, -0.2) is 52.5 Å². The number of rotatable bonds is 6. The highest BCUT2D eigenvalue weighted by atomic mass is 79.9. The molecule has 1 N–H and O–H groups in total. The summed E-state index contributed by atoms with van der Waals surface area (Å²) in [6.45, 7) is 1.47. The lowest BCUT2D eigenvalue weighted by Gasteiger charge is -2.17. The predicted octanol–water partition coefficient (Wildman–Crippen LogP) is 1.69. The van der Waals surface area contributed by atoms with Crippen LogP contribution in [0.2, 0.25) is 0 Å². The van der Waals surface area contributed by atoms with Crippen molar-refractivity contribution < 1.29 is 9.84 Å². The lowest BCUT2D eigenvalue weighted by molar-refractivity contribution is 0.195. The molecule has 0 saturated carbocycles. The van der Waals surface area contributed by atoms with Gasteiger partial charge in [0, 0.05) is 17.2 Å². The molecule has 0 aliphatic carbocycles. The zero-order valence-corrected chi connectivity index (χ0v) is 13.9. The highest BCUT2D eigenvalue weighted by molar-refractivity contribution is 9.10. The van der Waals surface area contributed by atoms with E-state index in [1.165, 1.54) is 0 Å². The van der Waals surface area contributed by atoms with Gasteiger partial charge < -0.3 is 14.7 Å². The van der Waals surface area contributed by atoms with Gasteiger partial charge in [0.2, 0.25) is 0 Å². The van der Waals surface area contributed by atoms with E-state index >= 15 is 0 Å². The van der Waals surface area contributed by atoms with Crippen LogP contribution in [0.4, 0.5) is 0 Å². The number of halogens is 1.